The molecule has 0 saturated heterocycles. The Kier molecular flexibility index (Phi) is 5.56. The highest BCUT2D eigenvalue weighted by atomic mass is 16.5. The molecule has 0 bridgehead atoms. The molecule has 0 unspecified atom stereocenters. The molecule has 1 aliphatic rings. The van der Waals surface area contributed by atoms with Crippen LogP contribution in [0.4, 0.5) is 0 Å². The quantitative estimate of drug-likeness (QED) is 0.612. The van der Waals surface area contributed by atoms with E-state index in [0.29, 0.717) is 26.1 Å². The molecule has 0 atom stereocenters. The van der Waals surface area contributed by atoms with Gasteiger partial charge in [-0.2, -0.15) is 5.10 Å². The third-order valence-corrected chi connectivity index (χ3v) is 4.53. The SMILES string of the molecule is O=C(CCc1ccc2c(c1)OCCCO2)OCc1ccc(-n2cccn2)cc1. The van der Waals surface area contributed by atoms with E-state index in [0.717, 1.165) is 34.7 Å². The lowest BCUT2D eigenvalue weighted by Gasteiger charge is -2.09. The molecule has 0 saturated carbocycles. The molecule has 0 N–H and O–H groups in total. The topological polar surface area (TPSA) is 62.6 Å². The number of carbonyl (C=O) groups excluding carboxylic acids is 1. The average Bonchev–Trinajstić information content (AvgIpc) is 3.17. The molecule has 0 aliphatic carbocycles. The van der Waals surface area contributed by atoms with Crippen molar-refractivity contribution in [3.63, 3.8) is 0 Å². The summed E-state index contributed by atoms with van der Waals surface area (Å²) in [5, 5.41) is 4.19. The van der Waals surface area contributed by atoms with Crippen molar-refractivity contribution in [3.8, 4) is 17.2 Å². The van der Waals surface area contributed by atoms with E-state index in [1.54, 1.807) is 10.9 Å². The van der Waals surface area contributed by atoms with Gasteiger partial charge in [-0.05, 0) is 47.9 Å². The van der Waals surface area contributed by atoms with E-state index in [2.05, 4.69) is 5.10 Å². The minimum atomic E-state index is -0.219. The number of hydrogen-bond donors (Lipinski definition) is 0. The summed E-state index contributed by atoms with van der Waals surface area (Å²) in [6.07, 6.45) is 5.42. The average molecular weight is 378 g/mol. The summed E-state index contributed by atoms with van der Waals surface area (Å²) < 4.78 is 18.5. The monoisotopic (exact) mass is 378 g/mol. The number of carbonyl (C=O) groups is 1. The van der Waals surface area contributed by atoms with Crippen molar-refractivity contribution in [1.29, 1.82) is 0 Å². The van der Waals surface area contributed by atoms with Crippen molar-refractivity contribution in [1.82, 2.24) is 9.78 Å². The van der Waals surface area contributed by atoms with E-state index in [-0.39, 0.29) is 12.6 Å². The van der Waals surface area contributed by atoms with Crippen molar-refractivity contribution in [3.05, 3.63) is 72.1 Å². The Hall–Kier alpha value is -3.28. The third-order valence-electron chi connectivity index (χ3n) is 4.53. The van der Waals surface area contributed by atoms with Gasteiger partial charge in [-0.3, -0.25) is 4.79 Å². The summed E-state index contributed by atoms with van der Waals surface area (Å²) in [5.41, 5.74) is 2.94. The van der Waals surface area contributed by atoms with Crippen LogP contribution in [0.2, 0.25) is 0 Å². The van der Waals surface area contributed by atoms with Crippen LogP contribution in [0.1, 0.15) is 24.0 Å². The number of hydrogen-bond acceptors (Lipinski definition) is 5. The zero-order valence-corrected chi connectivity index (χ0v) is 15.5. The predicted molar refractivity (Wildman–Crippen MR) is 104 cm³/mol. The minimum absolute atomic E-state index is 0.219. The van der Waals surface area contributed by atoms with Crippen molar-refractivity contribution in [2.45, 2.75) is 25.9 Å². The summed E-state index contributed by atoms with van der Waals surface area (Å²) in [6, 6.07) is 15.5. The maximum Gasteiger partial charge on any atom is 0.306 e. The molecule has 0 radical (unpaired) electrons. The molecule has 3 aromatic rings. The fraction of sp³-hybridized carbons (Fsp3) is 0.273. The number of aryl methyl sites for hydroxylation is 1. The highest BCUT2D eigenvalue weighted by molar-refractivity contribution is 5.69. The molecule has 2 heterocycles. The van der Waals surface area contributed by atoms with Gasteiger partial charge in [0.05, 0.1) is 18.9 Å². The number of fused-ring (bicyclic) bond motifs is 1. The summed E-state index contributed by atoms with van der Waals surface area (Å²) in [4.78, 5) is 12.1. The Morgan fingerprint density at radius 1 is 1.04 bits per heavy atom. The van der Waals surface area contributed by atoms with Crippen LogP contribution in [0.5, 0.6) is 11.5 Å². The zero-order valence-electron chi connectivity index (χ0n) is 15.5. The molecule has 0 amide bonds. The van der Waals surface area contributed by atoms with E-state index in [1.165, 1.54) is 0 Å². The van der Waals surface area contributed by atoms with Gasteiger partial charge in [-0.15, -0.1) is 0 Å². The Balaban J connectivity index is 1.26. The second-order valence-electron chi connectivity index (χ2n) is 6.61. The highest BCUT2D eigenvalue weighted by Crippen LogP contribution is 2.30. The van der Waals surface area contributed by atoms with Crippen LogP contribution < -0.4 is 9.47 Å². The largest absolute Gasteiger partial charge is 0.490 e. The number of ether oxygens (including phenoxy) is 3. The van der Waals surface area contributed by atoms with Gasteiger partial charge in [0.25, 0.3) is 0 Å². The van der Waals surface area contributed by atoms with Crippen LogP contribution in [0.3, 0.4) is 0 Å². The second-order valence-corrected chi connectivity index (χ2v) is 6.61. The van der Waals surface area contributed by atoms with Crippen molar-refractivity contribution >= 4 is 5.97 Å². The van der Waals surface area contributed by atoms with Gasteiger partial charge < -0.3 is 14.2 Å². The molecule has 6 nitrogen and oxygen atoms in total. The first-order valence-corrected chi connectivity index (χ1v) is 9.41. The molecular weight excluding hydrogens is 356 g/mol. The van der Waals surface area contributed by atoms with Crippen LogP contribution in [-0.2, 0) is 22.6 Å². The molecular formula is C22H22N2O4. The van der Waals surface area contributed by atoms with Gasteiger partial charge in [-0.1, -0.05) is 18.2 Å². The van der Waals surface area contributed by atoms with Gasteiger partial charge in [0.2, 0.25) is 0 Å². The molecule has 2 aromatic carbocycles. The van der Waals surface area contributed by atoms with Crippen molar-refractivity contribution < 1.29 is 19.0 Å². The molecule has 4 rings (SSSR count). The first-order chi connectivity index (χ1) is 13.8. The van der Waals surface area contributed by atoms with Crippen LogP contribution in [0, 0.1) is 0 Å². The summed E-state index contributed by atoms with van der Waals surface area (Å²) >= 11 is 0. The lowest BCUT2D eigenvalue weighted by atomic mass is 10.1. The lowest BCUT2D eigenvalue weighted by molar-refractivity contribution is -0.144. The van der Waals surface area contributed by atoms with E-state index >= 15 is 0 Å². The number of nitrogens with zero attached hydrogens (tertiary/aromatic N) is 2. The van der Waals surface area contributed by atoms with Crippen LogP contribution in [0.25, 0.3) is 5.69 Å². The Morgan fingerprint density at radius 3 is 2.61 bits per heavy atom. The van der Waals surface area contributed by atoms with Gasteiger partial charge in [0, 0.05) is 25.2 Å². The molecule has 1 aliphatic heterocycles. The maximum atomic E-state index is 12.1. The molecule has 6 heteroatoms. The zero-order chi connectivity index (χ0) is 19.2. The number of benzene rings is 2. The van der Waals surface area contributed by atoms with E-state index in [1.807, 2.05) is 54.7 Å². The predicted octanol–water partition coefficient (Wildman–Crippen LogP) is 3.71. The number of esters is 1. The second kappa shape index (κ2) is 8.61. The molecule has 1 aromatic heterocycles. The normalized spacial score (nSPS) is 13.0. The number of rotatable bonds is 6. The van der Waals surface area contributed by atoms with Crippen LogP contribution >= 0.6 is 0 Å². The first kappa shape index (κ1) is 18.1. The molecule has 0 spiro atoms. The smallest absolute Gasteiger partial charge is 0.306 e. The van der Waals surface area contributed by atoms with E-state index < -0.39 is 0 Å². The fourth-order valence-electron chi connectivity index (χ4n) is 3.01. The van der Waals surface area contributed by atoms with Crippen LogP contribution in [-0.4, -0.2) is 29.0 Å². The van der Waals surface area contributed by atoms with E-state index in [4.69, 9.17) is 14.2 Å². The summed E-state index contributed by atoms with van der Waals surface area (Å²) in [6.45, 7) is 1.58. The molecule has 28 heavy (non-hydrogen) atoms. The van der Waals surface area contributed by atoms with Crippen molar-refractivity contribution in [2.75, 3.05) is 13.2 Å². The molecule has 0 fully saturated rings. The summed E-state index contributed by atoms with van der Waals surface area (Å²) in [7, 11) is 0. The van der Waals surface area contributed by atoms with E-state index in [9.17, 15) is 4.79 Å². The third kappa shape index (κ3) is 4.52. The molecule has 144 valence electrons. The lowest BCUT2D eigenvalue weighted by Crippen LogP contribution is -2.06. The number of aromatic nitrogens is 2. The van der Waals surface area contributed by atoms with Gasteiger partial charge in [-0.25, -0.2) is 4.68 Å². The van der Waals surface area contributed by atoms with Crippen LogP contribution in [0.15, 0.2) is 60.9 Å². The fourth-order valence-corrected chi connectivity index (χ4v) is 3.01. The minimum Gasteiger partial charge on any atom is -0.490 e. The standard InChI is InChI=1S/C22H22N2O4/c25-22(10-6-17-5-9-20-21(15-17)27-14-2-13-26-20)28-16-18-3-7-19(8-4-18)24-12-1-11-23-24/h1,3-5,7-9,11-12,15H,2,6,10,13-14,16H2. The Bertz CT molecular complexity index is 920. The summed E-state index contributed by atoms with van der Waals surface area (Å²) in [5.74, 6) is 1.30. The van der Waals surface area contributed by atoms with Crippen molar-refractivity contribution in [2.24, 2.45) is 0 Å². The Morgan fingerprint density at radius 2 is 1.82 bits per heavy atom. The van der Waals surface area contributed by atoms with Gasteiger partial charge in [0.15, 0.2) is 11.5 Å². The van der Waals surface area contributed by atoms with Gasteiger partial charge >= 0.3 is 5.97 Å². The first-order valence-electron chi connectivity index (χ1n) is 9.41. The highest BCUT2D eigenvalue weighted by Gasteiger charge is 2.12. The van der Waals surface area contributed by atoms with Gasteiger partial charge in [0.1, 0.15) is 6.61 Å². The maximum absolute atomic E-state index is 12.1. The Labute approximate surface area is 163 Å².